The van der Waals surface area contributed by atoms with Crippen molar-refractivity contribution in [2.75, 3.05) is 6.54 Å². The van der Waals surface area contributed by atoms with E-state index in [0.29, 0.717) is 6.04 Å². The second kappa shape index (κ2) is 8.46. The minimum Gasteiger partial charge on any atom is -0.297 e. The van der Waals surface area contributed by atoms with Crippen molar-refractivity contribution in [1.82, 2.24) is 4.90 Å². The van der Waals surface area contributed by atoms with Crippen LogP contribution in [0.5, 0.6) is 0 Å². The zero-order valence-electron chi connectivity index (χ0n) is 14.4. The number of rotatable bonds is 8. The average molecular weight is 275 g/mol. The van der Waals surface area contributed by atoms with E-state index in [1.807, 2.05) is 0 Å². The molecule has 0 aliphatic rings. The number of hydrogen-bond acceptors (Lipinski definition) is 1. The Balaban J connectivity index is 2.73. The summed E-state index contributed by atoms with van der Waals surface area (Å²) in [7, 11) is 0. The van der Waals surface area contributed by atoms with Gasteiger partial charge in [0.1, 0.15) is 0 Å². The summed E-state index contributed by atoms with van der Waals surface area (Å²) in [6.45, 7) is 15.9. The van der Waals surface area contributed by atoms with Gasteiger partial charge in [-0.1, -0.05) is 50.8 Å². The Labute approximate surface area is 126 Å². The van der Waals surface area contributed by atoms with E-state index in [1.165, 1.54) is 47.9 Å². The molecule has 0 amide bonds. The number of nitrogens with zero attached hydrogens (tertiary/aromatic N) is 1. The fourth-order valence-corrected chi connectivity index (χ4v) is 3.11. The molecule has 0 bridgehead atoms. The van der Waals surface area contributed by atoms with E-state index >= 15 is 0 Å². The summed E-state index contributed by atoms with van der Waals surface area (Å²) in [5.41, 5.74) is 5.80. The molecule has 0 spiro atoms. The Kier molecular flexibility index (Phi) is 7.29. The lowest BCUT2D eigenvalue weighted by Gasteiger charge is -2.29. The molecule has 1 rings (SSSR count). The third-order valence-corrected chi connectivity index (χ3v) is 4.46. The Bertz CT molecular complexity index is 385. The lowest BCUT2D eigenvalue weighted by Crippen LogP contribution is -2.33. The molecule has 0 aliphatic heterocycles. The number of unbranched alkanes of at least 4 members (excludes halogenated alkanes) is 2. The van der Waals surface area contributed by atoms with E-state index in [2.05, 4.69) is 58.6 Å². The van der Waals surface area contributed by atoms with E-state index in [-0.39, 0.29) is 0 Å². The Morgan fingerprint density at radius 1 is 1.00 bits per heavy atom. The molecule has 0 fully saturated rings. The van der Waals surface area contributed by atoms with Gasteiger partial charge in [0.05, 0.1) is 0 Å². The molecule has 1 nitrogen and oxygen atoms in total. The number of hydrogen-bond donors (Lipinski definition) is 0. The van der Waals surface area contributed by atoms with E-state index in [1.54, 1.807) is 0 Å². The molecule has 0 aromatic heterocycles. The zero-order valence-corrected chi connectivity index (χ0v) is 14.4. The van der Waals surface area contributed by atoms with Crippen LogP contribution in [0.2, 0.25) is 0 Å². The monoisotopic (exact) mass is 275 g/mol. The van der Waals surface area contributed by atoms with Gasteiger partial charge in [-0.3, -0.25) is 4.90 Å². The summed E-state index contributed by atoms with van der Waals surface area (Å²) in [6.07, 6.45) is 5.37. The van der Waals surface area contributed by atoms with Gasteiger partial charge >= 0.3 is 0 Å². The maximum Gasteiger partial charge on any atom is 0.0241 e. The summed E-state index contributed by atoms with van der Waals surface area (Å²) in [5.74, 6) is 0. The first-order valence-corrected chi connectivity index (χ1v) is 8.30. The average Bonchev–Trinajstić information content (AvgIpc) is 2.38. The molecule has 114 valence electrons. The van der Waals surface area contributed by atoms with Crippen molar-refractivity contribution in [3.63, 3.8) is 0 Å². The molecular formula is C19H33N. The summed E-state index contributed by atoms with van der Waals surface area (Å²) in [4.78, 5) is 2.63. The molecular weight excluding hydrogens is 242 g/mol. The molecule has 1 aromatic carbocycles. The Hall–Kier alpha value is -0.820. The largest absolute Gasteiger partial charge is 0.297 e. The first kappa shape index (κ1) is 17.2. The molecule has 1 atom stereocenters. The first-order chi connectivity index (χ1) is 9.49. The van der Waals surface area contributed by atoms with Crippen LogP contribution < -0.4 is 0 Å². The maximum atomic E-state index is 2.63. The van der Waals surface area contributed by atoms with Crippen molar-refractivity contribution in [3.8, 4) is 0 Å². The molecule has 20 heavy (non-hydrogen) atoms. The molecule has 0 N–H and O–H groups in total. The highest BCUT2D eigenvalue weighted by molar-refractivity contribution is 5.37. The van der Waals surface area contributed by atoms with Gasteiger partial charge in [0.25, 0.3) is 0 Å². The molecule has 0 radical (unpaired) electrons. The predicted octanol–water partition coefficient (Wildman–Crippen LogP) is 5.40. The Morgan fingerprint density at radius 2 is 1.60 bits per heavy atom. The molecule has 0 heterocycles. The van der Waals surface area contributed by atoms with Gasteiger partial charge in [0, 0.05) is 12.6 Å². The van der Waals surface area contributed by atoms with Gasteiger partial charge in [-0.25, -0.2) is 0 Å². The van der Waals surface area contributed by atoms with E-state index < -0.39 is 0 Å². The number of benzene rings is 1. The van der Waals surface area contributed by atoms with E-state index in [0.717, 1.165) is 13.1 Å². The quantitative estimate of drug-likeness (QED) is 0.574. The van der Waals surface area contributed by atoms with Crippen molar-refractivity contribution in [3.05, 3.63) is 34.4 Å². The second-order valence-corrected chi connectivity index (χ2v) is 6.29. The smallest absolute Gasteiger partial charge is 0.0241 e. The molecule has 0 saturated carbocycles. The zero-order chi connectivity index (χ0) is 15.1. The van der Waals surface area contributed by atoms with Crippen molar-refractivity contribution in [1.29, 1.82) is 0 Å². The van der Waals surface area contributed by atoms with Crippen LogP contribution in [0, 0.1) is 20.8 Å². The molecule has 0 aliphatic carbocycles. The van der Waals surface area contributed by atoms with Gasteiger partial charge in [0.15, 0.2) is 0 Å². The summed E-state index contributed by atoms with van der Waals surface area (Å²) < 4.78 is 0. The highest BCUT2D eigenvalue weighted by Gasteiger charge is 2.14. The fraction of sp³-hybridized carbons (Fsp3) is 0.684. The highest BCUT2D eigenvalue weighted by Crippen LogP contribution is 2.20. The standard InChI is InChI=1S/C19H33N/c1-7-9-10-11-18(6)20(8-2)14-19-16(4)12-15(3)13-17(19)5/h12-13,18H,7-11,14H2,1-6H3. The first-order valence-electron chi connectivity index (χ1n) is 8.30. The maximum absolute atomic E-state index is 2.63. The summed E-state index contributed by atoms with van der Waals surface area (Å²) >= 11 is 0. The summed E-state index contributed by atoms with van der Waals surface area (Å²) in [6, 6.07) is 5.32. The van der Waals surface area contributed by atoms with Gasteiger partial charge in [-0.05, 0) is 57.4 Å². The van der Waals surface area contributed by atoms with Crippen molar-refractivity contribution < 1.29 is 0 Å². The second-order valence-electron chi connectivity index (χ2n) is 6.29. The SMILES string of the molecule is CCCCCC(C)N(CC)Cc1c(C)cc(C)cc1C. The van der Waals surface area contributed by atoms with E-state index in [9.17, 15) is 0 Å². The highest BCUT2D eigenvalue weighted by atomic mass is 15.1. The molecule has 1 heteroatoms. The predicted molar refractivity (Wildman–Crippen MR) is 90.3 cm³/mol. The van der Waals surface area contributed by atoms with Crippen LogP contribution >= 0.6 is 0 Å². The van der Waals surface area contributed by atoms with Crippen LogP contribution in [-0.4, -0.2) is 17.5 Å². The fourth-order valence-electron chi connectivity index (χ4n) is 3.11. The minimum absolute atomic E-state index is 0.687. The van der Waals surface area contributed by atoms with Crippen LogP contribution in [0.1, 0.15) is 68.7 Å². The molecule has 1 unspecified atom stereocenters. The molecule has 1 aromatic rings. The minimum atomic E-state index is 0.687. The van der Waals surface area contributed by atoms with Crippen molar-refractivity contribution in [2.45, 2.75) is 79.8 Å². The Morgan fingerprint density at radius 3 is 2.10 bits per heavy atom. The lowest BCUT2D eigenvalue weighted by atomic mass is 9.98. The normalized spacial score (nSPS) is 12.9. The van der Waals surface area contributed by atoms with Gasteiger partial charge in [-0.2, -0.15) is 0 Å². The van der Waals surface area contributed by atoms with Crippen molar-refractivity contribution >= 4 is 0 Å². The lowest BCUT2D eigenvalue weighted by molar-refractivity contribution is 0.197. The van der Waals surface area contributed by atoms with Crippen LogP contribution in [0.15, 0.2) is 12.1 Å². The van der Waals surface area contributed by atoms with Crippen LogP contribution in [0.4, 0.5) is 0 Å². The third kappa shape index (κ3) is 4.94. The third-order valence-electron chi connectivity index (χ3n) is 4.46. The van der Waals surface area contributed by atoms with Crippen LogP contribution in [0.3, 0.4) is 0 Å². The van der Waals surface area contributed by atoms with Gasteiger partial charge in [-0.15, -0.1) is 0 Å². The number of aryl methyl sites for hydroxylation is 3. The van der Waals surface area contributed by atoms with Crippen LogP contribution in [-0.2, 0) is 6.54 Å². The van der Waals surface area contributed by atoms with E-state index in [4.69, 9.17) is 0 Å². The van der Waals surface area contributed by atoms with Gasteiger partial charge in [0.2, 0.25) is 0 Å². The summed E-state index contributed by atoms with van der Waals surface area (Å²) in [5, 5.41) is 0. The van der Waals surface area contributed by atoms with Gasteiger partial charge < -0.3 is 0 Å². The molecule has 0 saturated heterocycles. The van der Waals surface area contributed by atoms with Crippen molar-refractivity contribution in [2.24, 2.45) is 0 Å². The topological polar surface area (TPSA) is 3.24 Å². The van der Waals surface area contributed by atoms with Crippen LogP contribution in [0.25, 0.3) is 0 Å².